The Morgan fingerprint density at radius 2 is 2.24 bits per heavy atom. The molecule has 0 radical (unpaired) electrons. The van der Waals surface area contributed by atoms with E-state index in [-0.39, 0.29) is 16.8 Å². The van der Waals surface area contributed by atoms with Crippen LogP contribution in [0.2, 0.25) is 0 Å². The number of anilines is 1. The van der Waals surface area contributed by atoms with E-state index in [1.807, 2.05) is 0 Å². The Balaban J connectivity index is 1.83. The van der Waals surface area contributed by atoms with Crippen LogP contribution in [0.1, 0.15) is 31.7 Å². The van der Waals surface area contributed by atoms with Crippen LogP contribution < -0.4 is 5.32 Å². The van der Waals surface area contributed by atoms with E-state index in [0.29, 0.717) is 6.04 Å². The summed E-state index contributed by atoms with van der Waals surface area (Å²) in [4.78, 5) is 15.3. The molecule has 0 aromatic heterocycles. The molecule has 1 aromatic rings. The molecule has 5 rings (SSSR count). The molecule has 1 aliphatic carbocycles. The Morgan fingerprint density at radius 3 is 3.04 bits per heavy atom. The number of esters is 1. The first-order chi connectivity index (χ1) is 12.2. The first-order valence-electron chi connectivity index (χ1n) is 9.26. The monoisotopic (exact) mass is 336 g/mol. The minimum absolute atomic E-state index is 0.000898. The zero-order valence-electron chi connectivity index (χ0n) is 14.8. The second-order valence-corrected chi connectivity index (χ2v) is 7.80. The molecular weight excluding hydrogens is 312 g/mol. The molecule has 2 unspecified atom stereocenters. The number of nitrogens with zero attached hydrogens (tertiary/aromatic N) is 1. The number of hydrogen-bond donors (Lipinski definition) is 1. The van der Waals surface area contributed by atoms with Gasteiger partial charge in [-0.2, -0.15) is 0 Å². The van der Waals surface area contributed by atoms with E-state index in [0.717, 1.165) is 49.3 Å². The third-order valence-electron chi connectivity index (χ3n) is 6.97. The summed E-state index contributed by atoms with van der Waals surface area (Å²) in [6.45, 7) is 4.34. The summed E-state index contributed by atoms with van der Waals surface area (Å²) in [5.41, 5.74) is 4.34. The molecule has 1 aromatic carbocycles. The predicted molar refractivity (Wildman–Crippen MR) is 97.2 cm³/mol. The van der Waals surface area contributed by atoms with E-state index in [9.17, 15) is 4.79 Å². The van der Waals surface area contributed by atoms with E-state index in [4.69, 9.17) is 4.74 Å². The summed E-state index contributed by atoms with van der Waals surface area (Å²) in [5.74, 6) is -0.182. The molecule has 0 bridgehead atoms. The Kier molecular flexibility index (Phi) is 3.03. The summed E-state index contributed by atoms with van der Waals surface area (Å²) in [6, 6.07) is 8.99. The smallest absolute Gasteiger partial charge is 0.335 e. The zero-order valence-corrected chi connectivity index (χ0v) is 14.8. The molecule has 0 amide bonds. The summed E-state index contributed by atoms with van der Waals surface area (Å²) in [5, 5.41) is 3.62. The Morgan fingerprint density at radius 1 is 1.40 bits per heavy atom. The number of ether oxygens (including phenoxy) is 1. The lowest BCUT2D eigenvalue weighted by Gasteiger charge is -2.53. The summed E-state index contributed by atoms with van der Waals surface area (Å²) in [6.07, 6.45) is 7.53. The Labute approximate surface area is 148 Å². The van der Waals surface area contributed by atoms with Gasteiger partial charge in [-0.05, 0) is 30.9 Å². The van der Waals surface area contributed by atoms with Crippen molar-refractivity contribution >= 4 is 11.7 Å². The second kappa shape index (κ2) is 4.98. The molecule has 1 saturated heterocycles. The molecule has 4 aliphatic rings. The van der Waals surface area contributed by atoms with E-state index >= 15 is 0 Å². The number of methoxy groups -OCH3 is 1. The maximum Gasteiger partial charge on any atom is 0.335 e. The molecule has 0 saturated carbocycles. The lowest BCUT2D eigenvalue weighted by molar-refractivity contribution is -0.137. The lowest BCUT2D eigenvalue weighted by atomic mass is 9.55. The minimum atomic E-state index is -0.182. The van der Waals surface area contributed by atoms with E-state index in [1.54, 1.807) is 0 Å². The van der Waals surface area contributed by atoms with Crippen molar-refractivity contribution in [1.29, 1.82) is 0 Å². The molecular formula is C21H24N2O2. The first kappa shape index (κ1) is 15.2. The van der Waals surface area contributed by atoms with Crippen LogP contribution in [0.25, 0.3) is 0 Å². The largest absolute Gasteiger partial charge is 0.466 e. The molecule has 3 heterocycles. The van der Waals surface area contributed by atoms with Gasteiger partial charge in [0.15, 0.2) is 0 Å². The van der Waals surface area contributed by atoms with Crippen LogP contribution in [0.3, 0.4) is 0 Å². The van der Waals surface area contributed by atoms with Gasteiger partial charge in [0.25, 0.3) is 0 Å². The molecule has 25 heavy (non-hydrogen) atoms. The molecule has 1 fully saturated rings. The van der Waals surface area contributed by atoms with E-state index in [2.05, 4.69) is 53.6 Å². The Bertz CT molecular complexity index is 827. The number of para-hydroxylation sites is 1. The van der Waals surface area contributed by atoms with Gasteiger partial charge in [0, 0.05) is 35.9 Å². The topological polar surface area (TPSA) is 41.6 Å². The van der Waals surface area contributed by atoms with Crippen LogP contribution in [-0.2, 0) is 14.9 Å². The lowest BCUT2D eigenvalue weighted by Crippen LogP contribution is -2.58. The van der Waals surface area contributed by atoms with Crippen LogP contribution in [-0.4, -0.2) is 37.1 Å². The van der Waals surface area contributed by atoms with Crippen molar-refractivity contribution in [3.05, 3.63) is 53.3 Å². The normalized spacial score (nSPS) is 35.0. The second-order valence-electron chi connectivity index (χ2n) is 7.80. The van der Waals surface area contributed by atoms with E-state index < -0.39 is 0 Å². The highest BCUT2D eigenvalue weighted by Crippen LogP contribution is 2.64. The molecule has 4 heteroatoms. The first-order valence-corrected chi connectivity index (χ1v) is 9.26. The third-order valence-corrected chi connectivity index (χ3v) is 6.97. The average molecular weight is 336 g/mol. The number of rotatable bonds is 2. The summed E-state index contributed by atoms with van der Waals surface area (Å²) >= 11 is 0. The maximum atomic E-state index is 12.7. The Hall–Kier alpha value is -2.07. The van der Waals surface area contributed by atoms with Gasteiger partial charge in [-0.3, -0.25) is 4.90 Å². The van der Waals surface area contributed by atoms with Gasteiger partial charge in [0.2, 0.25) is 0 Å². The summed E-state index contributed by atoms with van der Waals surface area (Å²) < 4.78 is 5.19. The maximum absolute atomic E-state index is 12.7. The molecule has 3 atom stereocenters. The van der Waals surface area contributed by atoms with Gasteiger partial charge in [-0.1, -0.05) is 37.3 Å². The number of fused-ring (bicyclic) bond motifs is 1. The van der Waals surface area contributed by atoms with Gasteiger partial charge in [0.1, 0.15) is 0 Å². The fraction of sp³-hybridized carbons (Fsp3) is 0.476. The molecule has 4 nitrogen and oxygen atoms in total. The van der Waals surface area contributed by atoms with Crippen LogP contribution >= 0.6 is 0 Å². The summed E-state index contributed by atoms with van der Waals surface area (Å²) in [7, 11) is 1.49. The third kappa shape index (κ3) is 1.68. The van der Waals surface area contributed by atoms with Crippen LogP contribution in [0.15, 0.2) is 47.7 Å². The zero-order chi connectivity index (χ0) is 17.2. The van der Waals surface area contributed by atoms with Gasteiger partial charge < -0.3 is 10.1 Å². The molecule has 1 N–H and O–H groups in total. The fourth-order valence-electron chi connectivity index (χ4n) is 6.02. The highest BCUT2D eigenvalue weighted by atomic mass is 16.5. The van der Waals surface area contributed by atoms with Gasteiger partial charge >= 0.3 is 5.97 Å². The number of benzene rings is 1. The van der Waals surface area contributed by atoms with Crippen LogP contribution in [0, 0.1) is 5.41 Å². The average Bonchev–Trinajstić information content (AvgIpc) is 3.21. The number of carbonyl (C=O) groups excluding carboxylic acids is 1. The highest BCUT2D eigenvalue weighted by molar-refractivity contribution is 5.93. The van der Waals surface area contributed by atoms with Crippen molar-refractivity contribution in [1.82, 2.24) is 4.90 Å². The molecule has 3 aliphatic heterocycles. The predicted octanol–water partition coefficient (Wildman–Crippen LogP) is 3.22. The SMILES string of the molecule is CCC12C=CCN3CCC4(C(=C(C(=O)OC)C1)Nc1ccccc14)[C@@H]32. The van der Waals surface area contributed by atoms with Crippen LogP contribution in [0.5, 0.6) is 0 Å². The number of carbonyl (C=O) groups is 1. The van der Waals surface area contributed by atoms with Crippen molar-refractivity contribution in [2.75, 3.05) is 25.5 Å². The van der Waals surface area contributed by atoms with Crippen molar-refractivity contribution in [3.8, 4) is 0 Å². The fourth-order valence-corrected chi connectivity index (χ4v) is 6.02. The number of nitrogens with one attached hydrogen (secondary N) is 1. The van der Waals surface area contributed by atoms with Crippen molar-refractivity contribution < 1.29 is 9.53 Å². The quantitative estimate of drug-likeness (QED) is 0.665. The highest BCUT2D eigenvalue weighted by Gasteiger charge is 2.65. The van der Waals surface area contributed by atoms with Crippen molar-refractivity contribution in [3.63, 3.8) is 0 Å². The van der Waals surface area contributed by atoms with Gasteiger partial charge in [-0.15, -0.1) is 0 Å². The van der Waals surface area contributed by atoms with Gasteiger partial charge in [0.05, 0.1) is 18.1 Å². The van der Waals surface area contributed by atoms with Crippen LogP contribution in [0.4, 0.5) is 5.69 Å². The van der Waals surface area contributed by atoms with Crippen molar-refractivity contribution in [2.45, 2.75) is 37.6 Å². The number of hydrogen-bond acceptors (Lipinski definition) is 4. The van der Waals surface area contributed by atoms with E-state index in [1.165, 1.54) is 12.7 Å². The minimum Gasteiger partial charge on any atom is -0.466 e. The van der Waals surface area contributed by atoms with Crippen molar-refractivity contribution in [2.24, 2.45) is 5.41 Å². The molecule has 1 spiro atoms. The standard InChI is InChI=1S/C21H24N2O2/c1-3-20-9-6-11-23-12-10-21(19(20)23)15-7-4-5-8-16(15)22-17(21)14(13-20)18(24)25-2/h4-9,19,22H,3,10-13H2,1-2H3/t19-,20?,21?/m0/s1. The molecule has 130 valence electrons. The van der Waals surface area contributed by atoms with Gasteiger partial charge in [-0.25, -0.2) is 4.79 Å².